The van der Waals surface area contributed by atoms with Gasteiger partial charge < -0.3 is 15.7 Å². The van der Waals surface area contributed by atoms with E-state index in [-0.39, 0.29) is 24.5 Å². The predicted molar refractivity (Wildman–Crippen MR) is 77.3 cm³/mol. The van der Waals surface area contributed by atoms with Gasteiger partial charge in [-0.15, -0.1) is 0 Å². The number of aryl methyl sites for hydroxylation is 1. The van der Waals surface area contributed by atoms with E-state index in [0.717, 1.165) is 36.8 Å². The zero-order valence-corrected chi connectivity index (χ0v) is 12.2. The van der Waals surface area contributed by atoms with Crippen molar-refractivity contribution in [1.29, 1.82) is 0 Å². The number of aliphatic hydroxyl groups is 1. The van der Waals surface area contributed by atoms with Gasteiger partial charge in [0.25, 0.3) is 0 Å². The Kier molecular flexibility index (Phi) is 3.61. The number of hydrogen-bond donors (Lipinski definition) is 3. The fraction of sp³-hybridized carbons (Fsp3) is 0.562. The Balaban J connectivity index is 1.64. The first-order valence-corrected chi connectivity index (χ1v) is 7.50. The molecule has 2 aliphatic carbocycles. The molecule has 2 atom stereocenters. The summed E-state index contributed by atoms with van der Waals surface area (Å²) >= 11 is 0. The molecule has 0 aliphatic heterocycles. The molecule has 2 unspecified atom stereocenters. The third kappa shape index (κ3) is 2.88. The molecule has 0 spiro atoms. The number of carbonyl (C=O) groups is 1. The van der Waals surface area contributed by atoms with Crippen LogP contribution in [-0.2, 0) is 6.42 Å². The second-order valence-electron chi connectivity index (χ2n) is 6.38. The average Bonchev–Trinajstić information content (AvgIpc) is 3.23. The van der Waals surface area contributed by atoms with Crippen molar-refractivity contribution in [2.45, 2.75) is 44.2 Å². The molecule has 0 aromatic heterocycles. The van der Waals surface area contributed by atoms with Crippen LogP contribution in [0.5, 0.6) is 0 Å². The third-order valence-corrected chi connectivity index (χ3v) is 4.69. The zero-order chi connectivity index (χ0) is 15.0. The van der Waals surface area contributed by atoms with E-state index in [1.807, 2.05) is 6.92 Å². The van der Waals surface area contributed by atoms with Crippen molar-refractivity contribution in [3.63, 3.8) is 0 Å². The van der Waals surface area contributed by atoms with Gasteiger partial charge in [0.1, 0.15) is 5.82 Å². The van der Waals surface area contributed by atoms with Gasteiger partial charge >= 0.3 is 6.03 Å². The van der Waals surface area contributed by atoms with Crippen LogP contribution < -0.4 is 10.6 Å². The van der Waals surface area contributed by atoms with Crippen molar-refractivity contribution in [3.05, 3.63) is 35.1 Å². The fourth-order valence-electron chi connectivity index (χ4n) is 3.18. The average molecular weight is 292 g/mol. The summed E-state index contributed by atoms with van der Waals surface area (Å²) in [6.45, 7) is 1.82. The number of benzene rings is 1. The number of aliphatic hydroxyl groups excluding tert-OH is 1. The second kappa shape index (κ2) is 5.30. The molecular formula is C16H21FN2O2. The lowest BCUT2D eigenvalue weighted by Gasteiger charge is -2.29. The van der Waals surface area contributed by atoms with E-state index in [1.165, 1.54) is 12.1 Å². The van der Waals surface area contributed by atoms with Gasteiger partial charge in [0.2, 0.25) is 0 Å². The molecule has 2 aliphatic rings. The SMILES string of the molecule is CC(CO)(NC(=O)NC1CCc2cc(F)ccc21)C1CC1. The molecule has 1 aromatic carbocycles. The van der Waals surface area contributed by atoms with E-state index < -0.39 is 5.54 Å². The molecule has 114 valence electrons. The summed E-state index contributed by atoms with van der Waals surface area (Å²) in [7, 11) is 0. The van der Waals surface area contributed by atoms with Gasteiger partial charge in [-0.3, -0.25) is 0 Å². The highest BCUT2D eigenvalue weighted by atomic mass is 19.1. The van der Waals surface area contributed by atoms with Gasteiger partial charge in [-0.25, -0.2) is 9.18 Å². The Morgan fingerprint density at radius 1 is 1.43 bits per heavy atom. The maximum Gasteiger partial charge on any atom is 0.315 e. The predicted octanol–water partition coefficient (Wildman–Crippen LogP) is 2.27. The van der Waals surface area contributed by atoms with Gasteiger partial charge in [-0.05, 0) is 61.8 Å². The second-order valence-corrected chi connectivity index (χ2v) is 6.38. The Morgan fingerprint density at radius 2 is 2.19 bits per heavy atom. The Morgan fingerprint density at radius 3 is 2.86 bits per heavy atom. The Bertz CT molecular complexity index is 559. The summed E-state index contributed by atoms with van der Waals surface area (Å²) in [6, 6.07) is 4.37. The van der Waals surface area contributed by atoms with E-state index in [0.29, 0.717) is 5.92 Å². The Hall–Kier alpha value is -1.62. The van der Waals surface area contributed by atoms with Crippen LogP contribution in [0.2, 0.25) is 0 Å². The van der Waals surface area contributed by atoms with Gasteiger partial charge in [0.05, 0.1) is 18.2 Å². The van der Waals surface area contributed by atoms with Gasteiger partial charge in [-0.2, -0.15) is 0 Å². The number of nitrogens with one attached hydrogen (secondary N) is 2. The van der Waals surface area contributed by atoms with E-state index in [1.54, 1.807) is 6.07 Å². The summed E-state index contributed by atoms with van der Waals surface area (Å²) in [5, 5.41) is 15.4. The van der Waals surface area contributed by atoms with E-state index >= 15 is 0 Å². The van der Waals surface area contributed by atoms with Crippen LogP contribution in [0.15, 0.2) is 18.2 Å². The molecule has 4 nitrogen and oxygen atoms in total. The first-order valence-electron chi connectivity index (χ1n) is 7.50. The first kappa shape index (κ1) is 14.3. The summed E-state index contributed by atoms with van der Waals surface area (Å²) in [4.78, 5) is 12.2. The standard InChI is InChI=1S/C16H21FN2O2/c1-16(9-20,11-3-4-11)19-15(21)18-14-7-2-10-8-12(17)5-6-13(10)14/h5-6,8,11,14,20H,2-4,7,9H2,1H3,(H2,18,19,21). The third-order valence-electron chi connectivity index (χ3n) is 4.69. The van der Waals surface area contributed by atoms with E-state index in [9.17, 15) is 14.3 Å². The van der Waals surface area contributed by atoms with Crippen molar-refractivity contribution in [2.24, 2.45) is 5.92 Å². The topological polar surface area (TPSA) is 61.4 Å². The molecule has 3 rings (SSSR count). The normalized spacial score (nSPS) is 23.3. The van der Waals surface area contributed by atoms with Crippen LogP contribution in [0.1, 0.15) is 43.4 Å². The minimum Gasteiger partial charge on any atom is -0.394 e. The van der Waals surface area contributed by atoms with Gasteiger partial charge in [-0.1, -0.05) is 6.07 Å². The maximum absolute atomic E-state index is 13.2. The zero-order valence-electron chi connectivity index (χ0n) is 12.2. The number of fused-ring (bicyclic) bond motifs is 1. The van der Waals surface area contributed by atoms with Gasteiger partial charge in [0.15, 0.2) is 0 Å². The largest absolute Gasteiger partial charge is 0.394 e. The van der Waals surface area contributed by atoms with Crippen molar-refractivity contribution in [2.75, 3.05) is 6.61 Å². The monoisotopic (exact) mass is 292 g/mol. The lowest BCUT2D eigenvalue weighted by molar-refractivity contribution is 0.154. The van der Waals surface area contributed by atoms with Crippen LogP contribution in [0.25, 0.3) is 0 Å². The number of rotatable bonds is 4. The highest BCUT2D eigenvalue weighted by molar-refractivity contribution is 5.75. The lowest BCUT2D eigenvalue weighted by Crippen LogP contribution is -2.54. The molecule has 1 saturated carbocycles. The smallest absolute Gasteiger partial charge is 0.315 e. The molecule has 1 fully saturated rings. The quantitative estimate of drug-likeness (QED) is 0.797. The number of hydrogen-bond acceptors (Lipinski definition) is 2. The number of carbonyl (C=O) groups excluding carboxylic acids is 1. The molecule has 1 aromatic rings. The van der Waals surface area contributed by atoms with Crippen molar-refractivity contribution in [1.82, 2.24) is 10.6 Å². The minimum atomic E-state index is -0.547. The molecular weight excluding hydrogens is 271 g/mol. The summed E-state index contributed by atoms with van der Waals surface area (Å²) in [5.74, 6) is 0.124. The first-order chi connectivity index (χ1) is 10.0. The van der Waals surface area contributed by atoms with Gasteiger partial charge in [0, 0.05) is 0 Å². The molecule has 3 N–H and O–H groups in total. The summed E-state index contributed by atoms with van der Waals surface area (Å²) < 4.78 is 13.2. The minimum absolute atomic E-state index is 0.0580. The highest BCUT2D eigenvalue weighted by Crippen LogP contribution is 2.39. The number of amides is 2. The molecule has 0 bridgehead atoms. The molecule has 0 radical (unpaired) electrons. The molecule has 0 heterocycles. The molecule has 21 heavy (non-hydrogen) atoms. The molecule has 0 saturated heterocycles. The molecule has 5 heteroatoms. The van der Waals surface area contributed by atoms with Crippen molar-refractivity contribution < 1.29 is 14.3 Å². The van der Waals surface area contributed by atoms with E-state index in [4.69, 9.17) is 0 Å². The van der Waals surface area contributed by atoms with Crippen molar-refractivity contribution >= 4 is 6.03 Å². The van der Waals surface area contributed by atoms with Crippen LogP contribution in [0, 0.1) is 11.7 Å². The lowest BCUT2D eigenvalue weighted by atomic mass is 9.97. The van der Waals surface area contributed by atoms with Crippen LogP contribution in [0.3, 0.4) is 0 Å². The fourth-order valence-corrected chi connectivity index (χ4v) is 3.18. The maximum atomic E-state index is 13.2. The summed E-state index contributed by atoms with van der Waals surface area (Å²) in [6.07, 6.45) is 3.65. The Labute approximate surface area is 123 Å². The van der Waals surface area contributed by atoms with Crippen LogP contribution >= 0.6 is 0 Å². The highest BCUT2D eigenvalue weighted by Gasteiger charge is 2.42. The van der Waals surface area contributed by atoms with Crippen LogP contribution in [-0.4, -0.2) is 23.3 Å². The molecule has 2 amide bonds. The number of halogens is 1. The van der Waals surface area contributed by atoms with Crippen LogP contribution in [0.4, 0.5) is 9.18 Å². The van der Waals surface area contributed by atoms with E-state index in [2.05, 4.69) is 10.6 Å². The van der Waals surface area contributed by atoms with Crippen molar-refractivity contribution in [3.8, 4) is 0 Å². The summed E-state index contributed by atoms with van der Waals surface area (Å²) in [5.41, 5.74) is 1.41. The number of urea groups is 1.